The van der Waals surface area contributed by atoms with Crippen molar-refractivity contribution in [2.45, 2.75) is 5.92 Å². The van der Waals surface area contributed by atoms with Crippen molar-refractivity contribution >= 4 is 35.2 Å². The van der Waals surface area contributed by atoms with Crippen LogP contribution in [0.3, 0.4) is 0 Å². The maximum atomic E-state index is 11.4. The van der Waals surface area contributed by atoms with Crippen LogP contribution >= 0.6 is 11.8 Å². The summed E-state index contributed by atoms with van der Waals surface area (Å²) in [4.78, 5) is 32.1. The summed E-state index contributed by atoms with van der Waals surface area (Å²) in [5.41, 5.74) is 0.448. The van der Waals surface area contributed by atoms with Crippen LogP contribution in [0.1, 0.15) is 11.5 Å². The van der Waals surface area contributed by atoms with Crippen LogP contribution in [0.2, 0.25) is 0 Å². The van der Waals surface area contributed by atoms with E-state index in [4.69, 9.17) is 11.8 Å². The number of para-hydroxylation sites is 1. The molecule has 7 heteroatoms. The van der Waals surface area contributed by atoms with Crippen molar-refractivity contribution in [2.24, 2.45) is 0 Å². The molecule has 0 amide bonds. The zero-order valence-corrected chi connectivity index (χ0v) is 9.26. The van der Waals surface area contributed by atoms with Gasteiger partial charge in [-0.15, -0.1) is 0 Å². The predicted octanol–water partition coefficient (Wildman–Crippen LogP) is 1.42. The lowest BCUT2D eigenvalue weighted by Gasteiger charge is -2.07. The number of hydrogen-bond acceptors (Lipinski definition) is 5. The van der Waals surface area contributed by atoms with Gasteiger partial charge in [0, 0.05) is 24.4 Å². The van der Waals surface area contributed by atoms with E-state index in [0.717, 1.165) is 4.42 Å². The Morgan fingerprint density at radius 2 is 2.29 bits per heavy atom. The van der Waals surface area contributed by atoms with E-state index < -0.39 is 16.6 Å². The summed E-state index contributed by atoms with van der Waals surface area (Å²) < 4.78 is 1.11. The third kappa shape index (κ3) is 1.76. The van der Waals surface area contributed by atoms with E-state index in [2.05, 4.69) is 0 Å². The van der Waals surface area contributed by atoms with Crippen LogP contribution in [0.4, 0.5) is 11.4 Å². The summed E-state index contributed by atoms with van der Waals surface area (Å²) in [7, 11) is 0. The number of nitro benzene ring substituents is 1. The number of hydrogen-bond donors (Lipinski definition) is 0. The summed E-state index contributed by atoms with van der Waals surface area (Å²) in [5, 5.41) is 10.8. The monoisotopic (exact) mass is 254 g/mol. The highest BCUT2D eigenvalue weighted by molar-refractivity contribution is 6.32. The Morgan fingerprint density at radius 3 is 2.88 bits per heavy atom. The minimum atomic E-state index is -0.722. The molecule has 0 saturated carbocycles. The smallest absolute Gasteiger partial charge is 0.294 e. The first kappa shape index (κ1) is 11.5. The number of fused-ring (bicyclic) bond motifs is 1. The first-order valence-corrected chi connectivity index (χ1v) is 5.09. The molecule has 1 heterocycles. The van der Waals surface area contributed by atoms with E-state index >= 15 is 0 Å². The minimum Gasteiger partial charge on any atom is -0.295 e. The largest absolute Gasteiger partial charge is 0.295 e. The molecule has 0 fully saturated rings. The Kier molecular flexibility index (Phi) is 2.81. The summed E-state index contributed by atoms with van der Waals surface area (Å²) in [6.45, 7) is 0.0688. The van der Waals surface area contributed by atoms with E-state index in [9.17, 15) is 19.7 Å². The number of Topliss-reactive ketones (excluding diaryl/α,β-unsaturated/α-hetero) is 1. The molecule has 6 nitrogen and oxygen atoms in total. The van der Waals surface area contributed by atoms with E-state index in [1.807, 2.05) is 0 Å². The molecule has 1 aliphatic heterocycles. The average Bonchev–Trinajstić information content (AvgIpc) is 2.66. The fourth-order valence-corrected chi connectivity index (χ4v) is 2.24. The third-order valence-electron chi connectivity index (χ3n) is 2.66. The molecule has 88 valence electrons. The SMILES string of the molecule is O=CC(=O)C1CN(Cl)c2c1cccc2[N+](=O)[O-]. The second-order valence-electron chi connectivity index (χ2n) is 3.59. The van der Waals surface area contributed by atoms with Gasteiger partial charge < -0.3 is 0 Å². The maximum absolute atomic E-state index is 11.4. The molecule has 0 N–H and O–H groups in total. The van der Waals surface area contributed by atoms with Crippen LogP contribution < -0.4 is 4.42 Å². The quantitative estimate of drug-likeness (QED) is 0.268. The molecule has 2 rings (SSSR count). The molecule has 0 saturated heterocycles. The average molecular weight is 255 g/mol. The Bertz CT molecular complexity index is 517. The van der Waals surface area contributed by atoms with Crippen LogP contribution in [0.25, 0.3) is 0 Å². The molecule has 1 aliphatic rings. The predicted molar refractivity (Wildman–Crippen MR) is 60.1 cm³/mol. The van der Waals surface area contributed by atoms with Gasteiger partial charge in [0.1, 0.15) is 5.69 Å². The van der Waals surface area contributed by atoms with Crippen LogP contribution in [0.15, 0.2) is 18.2 Å². The number of benzene rings is 1. The number of carbonyl (C=O) groups excluding carboxylic acids is 2. The maximum Gasteiger partial charge on any atom is 0.294 e. The number of anilines is 1. The number of aldehydes is 1. The van der Waals surface area contributed by atoms with E-state index in [-0.39, 0.29) is 24.2 Å². The molecule has 17 heavy (non-hydrogen) atoms. The summed E-state index contributed by atoms with van der Waals surface area (Å²) >= 11 is 5.85. The van der Waals surface area contributed by atoms with Gasteiger partial charge in [0.05, 0.1) is 10.8 Å². The Hall–Kier alpha value is -1.95. The van der Waals surface area contributed by atoms with Crippen molar-refractivity contribution in [3.8, 4) is 0 Å². The number of nitrogens with zero attached hydrogens (tertiary/aromatic N) is 2. The van der Waals surface area contributed by atoms with Gasteiger partial charge in [0.15, 0.2) is 6.29 Å². The minimum absolute atomic E-state index is 0.0688. The number of halogens is 1. The molecule has 1 aromatic carbocycles. The number of nitro groups is 1. The van der Waals surface area contributed by atoms with Crippen molar-refractivity contribution in [2.75, 3.05) is 11.0 Å². The van der Waals surface area contributed by atoms with Gasteiger partial charge in [0.2, 0.25) is 5.78 Å². The normalized spacial score (nSPS) is 17.7. The first-order chi connectivity index (χ1) is 8.06. The lowest BCUT2D eigenvalue weighted by atomic mass is 9.97. The van der Waals surface area contributed by atoms with Gasteiger partial charge in [-0.3, -0.25) is 24.1 Å². The van der Waals surface area contributed by atoms with Gasteiger partial charge in [-0.1, -0.05) is 12.1 Å². The van der Waals surface area contributed by atoms with Crippen molar-refractivity contribution in [3.05, 3.63) is 33.9 Å². The molecule has 0 aliphatic carbocycles. The van der Waals surface area contributed by atoms with Gasteiger partial charge in [0.25, 0.3) is 5.69 Å². The van der Waals surface area contributed by atoms with Gasteiger partial charge in [-0.2, -0.15) is 0 Å². The number of carbonyl (C=O) groups is 2. The van der Waals surface area contributed by atoms with Crippen molar-refractivity contribution in [3.63, 3.8) is 0 Å². The van der Waals surface area contributed by atoms with E-state index in [1.165, 1.54) is 12.1 Å². The van der Waals surface area contributed by atoms with Crippen molar-refractivity contribution in [1.29, 1.82) is 0 Å². The van der Waals surface area contributed by atoms with E-state index in [0.29, 0.717) is 5.56 Å². The van der Waals surface area contributed by atoms with Gasteiger partial charge >= 0.3 is 0 Å². The fraction of sp³-hybridized carbons (Fsp3) is 0.200. The van der Waals surface area contributed by atoms with Gasteiger partial charge in [-0.05, 0) is 5.56 Å². The van der Waals surface area contributed by atoms with Crippen molar-refractivity contribution < 1.29 is 14.5 Å². The molecule has 1 unspecified atom stereocenters. The molecule has 0 aromatic heterocycles. The molecule has 0 spiro atoms. The molecule has 1 atom stereocenters. The molecular formula is C10H7ClN2O4. The summed E-state index contributed by atoms with van der Waals surface area (Å²) in [6, 6.07) is 4.34. The van der Waals surface area contributed by atoms with Gasteiger partial charge in [-0.25, -0.2) is 0 Å². The summed E-state index contributed by atoms with van der Waals surface area (Å²) in [6.07, 6.45) is 0.212. The molecule has 1 aromatic rings. The van der Waals surface area contributed by atoms with Crippen LogP contribution in [0.5, 0.6) is 0 Å². The lowest BCUT2D eigenvalue weighted by Crippen LogP contribution is -2.18. The first-order valence-electron chi connectivity index (χ1n) is 4.76. The molecular weight excluding hydrogens is 248 g/mol. The Balaban J connectivity index is 2.57. The standard InChI is InChI=1S/C10H7ClN2O4/c11-12-4-7(9(15)5-14)6-2-1-3-8(10(6)12)13(16)17/h1-3,5,7H,4H2. The lowest BCUT2D eigenvalue weighted by molar-refractivity contribution is -0.384. The molecule has 0 bridgehead atoms. The highest BCUT2D eigenvalue weighted by Gasteiger charge is 2.37. The van der Waals surface area contributed by atoms with Crippen LogP contribution in [-0.2, 0) is 9.59 Å². The Labute approximate surface area is 101 Å². The molecule has 0 radical (unpaired) electrons. The fourth-order valence-electron chi connectivity index (χ4n) is 1.92. The van der Waals surface area contributed by atoms with Crippen LogP contribution in [0, 0.1) is 10.1 Å². The second kappa shape index (κ2) is 4.14. The number of rotatable bonds is 3. The van der Waals surface area contributed by atoms with Crippen LogP contribution in [-0.4, -0.2) is 23.5 Å². The highest BCUT2D eigenvalue weighted by atomic mass is 35.5. The van der Waals surface area contributed by atoms with Crippen molar-refractivity contribution in [1.82, 2.24) is 0 Å². The Morgan fingerprint density at radius 1 is 1.59 bits per heavy atom. The second-order valence-corrected chi connectivity index (χ2v) is 4.00. The topological polar surface area (TPSA) is 80.5 Å². The third-order valence-corrected chi connectivity index (χ3v) is 2.97. The number of ketones is 1. The zero-order chi connectivity index (χ0) is 12.6. The van der Waals surface area contributed by atoms with E-state index in [1.54, 1.807) is 6.07 Å². The highest BCUT2D eigenvalue weighted by Crippen LogP contribution is 2.43. The summed E-state index contributed by atoms with van der Waals surface area (Å²) in [5.74, 6) is -1.35. The zero-order valence-electron chi connectivity index (χ0n) is 8.50.